The standard InChI is InChI=1S/C23H23N3O3/c1-15-13-19(14-24-21-12-8-11-20(16(21)2)23(28)29-4)17(3)26(15)25-22(27)18-9-6-5-7-10-18/h5-14H,1-4H3,(H,25,27). The van der Waals surface area contributed by atoms with Crippen LogP contribution < -0.4 is 5.43 Å². The third-order valence-electron chi connectivity index (χ3n) is 4.77. The van der Waals surface area contributed by atoms with Gasteiger partial charge >= 0.3 is 5.97 Å². The van der Waals surface area contributed by atoms with Crippen molar-refractivity contribution in [2.24, 2.45) is 4.99 Å². The number of benzene rings is 2. The molecule has 0 fully saturated rings. The Balaban J connectivity index is 1.86. The number of aliphatic imine (C=N–C) groups is 1. The number of amides is 1. The summed E-state index contributed by atoms with van der Waals surface area (Å²) in [6, 6.07) is 16.3. The van der Waals surface area contributed by atoms with Crippen molar-refractivity contribution in [2.75, 3.05) is 12.5 Å². The second-order valence-corrected chi connectivity index (χ2v) is 6.67. The number of methoxy groups -OCH3 is 1. The number of hydrogen-bond acceptors (Lipinski definition) is 4. The molecule has 2 aromatic carbocycles. The van der Waals surface area contributed by atoms with Crippen LogP contribution in [-0.4, -0.2) is 29.9 Å². The molecular weight excluding hydrogens is 366 g/mol. The van der Waals surface area contributed by atoms with Crippen molar-refractivity contribution < 1.29 is 14.3 Å². The molecule has 0 spiro atoms. The van der Waals surface area contributed by atoms with Gasteiger partial charge in [-0.05, 0) is 56.7 Å². The first kappa shape index (κ1) is 20.1. The van der Waals surface area contributed by atoms with Gasteiger partial charge < -0.3 is 4.74 Å². The van der Waals surface area contributed by atoms with Crippen LogP contribution in [0.15, 0.2) is 59.6 Å². The van der Waals surface area contributed by atoms with Crippen molar-refractivity contribution in [1.29, 1.82) is 0 Å². The number of nitrogens with zero attached hydrogens (tertiary/aromatic N) is 2. The Bertz CT molecular complexity index is 1080. The molecule has 0 atom stereocenters. The molecular formula is C23H23N3O3. The number of aryl methyl sites for hydroxylation is 1. The average Bonchev–Trinajstić information content (AvgIpc) is 3.00. The lowest BCUT2D eigenvalue weighted by Crippen LogP contribution is -2.24. The molecule has 3 aromatic rings. The quantitative estimate of drug-likeness (QED) is 0.521. The molecule has 0 saturated carbocycles. The van der Waals surface area contributed by atoms with E-state index < -0.39 is 0 Å². The number of rotatable bonds is 5. The molecule has 0 unspecified atom stereocenters. The van der Waals surface area contributed by atoms with Crippen molar-refractivity contribution in [1.82, 2.24) is 4.68 Å². The molecule has 29 heavy (non-hydrogen) atoms. The molecule has 0 radical (unpaired) electrons. The minimum atomic E-state index is -0.388. The number of carbonyl (C=O) groups is 2. The normalized spacial score (nSPS) is 10.9. The lowest BCUT2D eigenvalue weighted by molar-refractivity contribution is 0.0600. The van der Waals surface area contributed by atoms with E-state index in [1.54, 1.807) is 35.2 Å². The molecule has 0 aliphatic heterocycles. The fourth-order valence-corrected chi connectivity index (χ4v) is 3.08. The minimum absolute atomic E-state index is 0.183. The summed E-state index contributed by atoms with van der Waals surface area (Å²) in [5.74, 6) is -0.570. The number of ether oxygens (including phenoxy) is 1. The van der Waals surface area contributed by atoms with E-state index in [2.05, 4.69) is 10.4 Å². The highest BCUT2D eigenvalue weighted by molar-refractivity contribution is 6.00. The molecule has 1 N–H and O–H groups in total. The minimum Gasteiger partial charge on any atom is -0.465 e. The van der Waals surface area contributed by atoms with E-state index in [0.717, 1.165) is 22.5 Å². The zero-order valence-electron chi connectivity index (χ0n) is 16.9. The van der Waals surface area contributed by atoms with Crippen molar-refractivity contribution in [3.63, 3.8) is 0 Å². The highest BCUT2D eigenvalue weighted by Crippen LogP contribution is 2.23. The van der Waals surface area contributed by atoms with E-state index in [4.69, 9.17) is 4.74 Å². The summed E-state index contributed by atoms with van der Waals surface area (Å²) in [6.45, 7) is 5.67. The fraction of sp³-hybridized carbons (Fsp3) is 0.174. The largest absolute Gasteiger partial charge is 0.465 e. The van der Waals surface area contributed by atoms with Crippen molar-refractivity contribution in [2.45, 2.75) is 20.8 Å². The van der Waals surface area contributed by atoms with E-state index in [1.165, 1.54) is 7.11 Å². The van der Waals surface area contributed by atoms with E-state index in [1.807, 2.05) is 51.1 Å². The van der Waals surface area contributed by atoms with Crippen molar-refractivity contribution in [3.8, 4) is 0 Å². The number of carbonyl (C=O) groups excluding carboxylic acids is 2. The zero-order chi connectivity index (χ0) is 21.0. The Morgan fingerprint density at radius 2 is 1.76 bits per heavy atom. The Morgan fingerprint density at radius 1 is 1.03 bits per heavy atom. The fourth-order valence-electron chi connectivity index (χ4n) is 3.08. The second kappa shape index (κ2) is 8.56. The molecule has 1 heterocycles. The molecule has 148 valence electrons. The first-order valence-corrected chi connectivity index (χ1v) is 9.19. The average molecular weight is 389 g/mol. The van der Waals surface area contributed by atoms with Crippen LogP contribution in [0, 0.1) is 20.8 Å². The van der Waals surface area contributed by atoms with E-state index in [-0.39, 0.29) is 11.9 Å². The number of nitrogens with one attached hydrogen (secondary N) is 1. The lowest BCUT2D eigenvalue weighted by atomic mass is 10.1. The van der Waals surface area contributed by atoms with Gasteiger partial charge in [-0.3, -0.25) is 19.9 Å². The van der Waals surface area contributed by atoms with Crippen LogP contribution in [0.2, 0.25) is 0 Å². The molecule has 0 saturated heterocycles. The molecule has 6 nitrogen and oxygen atoms in total. The third-order valence-corrected chi connectivity index (χ3v) is 4.77. The van der Waals surface area contributed by atoms with Crippen LogP contribution in [0.3, 0.4) is 0 Å². The summed E-state index contributed by atoms with van der Waals surface area (Å²) >= 11 is 0. The van der Waals surface area contributed by atoms with Gasteiger partial charge in [-0.1, -0.05) is 24.3 Å². The summed E-state index contributed by atoms with van der Waals surface area (Å²) in [4.78, 5) is 28.9. The molecule has 6 heteroatoms. The Kier molecular flexibility index (Phi) is 5.93. The van der Waals surface area contributed by atoms with Crippen molar-refractivity contribution in [3.05, 3.63) is 88.2 Å². The monoisotopic (exact) mass is 389 g/mol. The van der Waals surface area contributed by atoms with Gasteiger partial charge in [0.1, 0.15) is 0 Å². The molecule has 0 aliphatic rings. The zero-order valence-corrected chi connectivity index (χ0v) is 16.9. The molecule has 0 aliphatic carbocycles. The van der Waals surface area contributed by atoms with Gasteiger partial charge in [0.05, 0.1) is 18.4 Å². The summed E-state index contributed by atoms with van der Waals surface area (Å²) in [7, 11) is 1.36. The Labute approximate surface area is 169 Å². The topological polar surface area (TPSA) is 72.7 Å². The highest BCUT2D eigenvalue weighted by Gasteiger charge is 2.13. The van der Waals surface area contributed by atoms with Gasteiger partial charge in [-0.2, -0.15) is 0 Å². The van der Waals surface area contributed by atoms with Gasteiger partial charge in [0, 0.05) is 28.7 Å². The van der Waals surface area contributed by atoms with Crippen LogP contribution in [0.4, 0.5) is 5.69 Å². The summed E-state index contributed by atoms with van der Waals surface area (Å²) < 4.78 is 6.56. The second-order valence-electron chi connectivity index (χ2n) is 6.67. The maximum atomic E-state index is 12.5. The van der Waals surface area contributed by atoms with E-state index in [0.29, 0.717) is 16.8 Å². The lowest BCUT2D eigenvalue weighted by Gasteiger charge is -2.11. The number of hydrogen-bond donors (Lipinski definition) is 1. The predicted molar refractivity (Wildman–Crippen MR) is 114 cm³/mol. The molecule has 1 aromatic heterocycles. The Hall–Kier alpha value is -3.67. The van der Waals surface area contributed by atoms with Crippen LogP contribution >= 0.6 is 0 Å². The maximum absolute atomic E-state index is 12.5. The van der Waals surface area contributed by atoms with Crippen LogP contribution in [0.5, 0.6) is 0 Å². The molecule has 0 bridgehead atoms. The van der Waals surface area contributed by atoms with Crippen LogP contribution in [0.25, 0.3) is 0 Å². The van der Waals surface area contributed by atoms with Crippen LogP contribution in [0.1, 0.15) is 43.2 Å². The van der Waals surface area contributed by atoms with E-state index >= 15 is 0 Å². The predicted octanol–water partition coefficient (Wildman–Crippen LogP) is 4.33. The van der Waals surface area contributed by atoms with E-state index in [9.17, 15) is 9.59 Å². The maximum Gasteiger partial charge on any atom is 0.338 e. The summed E-state index contributed by atoms with van der Waals surface area (Å²) in [5.41, 5.74) is 8.04. The van der Waals surface area contributed by atoms with Crippen molar-refractivity contribution >= 4 is 23.8 Å². The third kappa shape index (κ3) is 4.27. The SMILES string of the molecule is COC(=O)c1cccc(N=Cc2cc(C)n(NC(=O)c3ccccc3)c2C)c1C. The Morgan fingerprint density at radius 3 is 2.45 bits per heavy atom. The van der Waals surface area contributed by atoms with Crippen LogP contribution in [-0.2, 0) is 4.74 Å². The van der Waals surface area contributed by atoms with Gasteiger partial charge in [0.15, 0.2) is 0 Å². The summed E-state index contributed by atoms with van der Waals surface area (Å²) in [5, 5.41) is 0. The van der Waals surface area contributed by atoms with Gasteiger partial charge in [0.25, 0.3) is 5.91 Å². The summed E-state index contributed by atoms with van der Waals surface area (Å²) in [6.07, 6.45) is 1.73. The molecule has 1 amide bonds. The first-order valence-electron chi connectivity index (χ1n) is 9.19. The first-order chi connectivity index (χ1) is 13.9. The van der Waals surface area contributed by atoms with Gasteiger partial charge in [-0.25, -0.2) is 4.79 Å². The highest BCUT2D eigenvalue weighted by atomic mass is 16.5. The molecule has 3 rings (SSSR count). The number of aromatic nitrogens is 1. The van der Waals surface area contributed by atoms with Gasteiger partial charge in [0.2, 0.25) is 0 Å². The van der Waals surface area contributed by atoms with Gasteiger partial charge in [-0.15, -0.1) is 0 Å². The smallest absolute Gasteiger partial charge is 0.338 e. The number of esters is 1.